The Morgan fingerprint density at radius 3 is 2.44 bits per heavy atom. The van der Waals surface area contributed by atoms with Crippen LogP contribution in [0.5, 0.6) is 0 Å². The molecular formula is C14H17N3O. The molecule has 0 saturated carbocycles. The molecule has 1 heterocycles. The van der Waals surface area contributed by atoms with E-state index in [9.17, 15) is 10.1 Å². The van der Waals surface area contributed by atoms with Gasteiger partial charge in [-0.1, -0.05) is 0 Å². The highest BCUT2D eigenvalue weighted by atomic mass is 16.1. The lowest BCUT2D eigenvalue weighted by atomic mass is 9.89. The van der Waals surface area contributed by atoms with Crippen molar-refractivity contribution in [2.24, 2.45) is 0 Å². The standard InChI is InChI=1S/C14H17N3O/c1-11(18)12-2-4-13(5-3-12)17-14(10-15)6-8-16-9-7-14/h2-5,16-17H,6-9H2,1H3. The van der Waals surface area contributed by atoms with E-state index in [-0.39, 0.29) is 5.78 Å². The van der Waals surface area contributed by atoms with Crippen LogP contribution in [0.4, 0.5) is 5.69 Å². The average Bonchev–Trinajstić information content (AvgIpc) is 2.40. The lowest BCUT2D eigenvalue weighted by molar-refractivity contribution is 0.101. The second-order valence-corrected chi connectivity index (χ2v) is 4.70. The van der Waals surface area contributed by atoms with Crippen molar-refractivity contribution >= 4 is 11.5 Å². The Kier molecular flexibility index (Phi) is 3.63. The molecule has 18 heavy (non-hydrogen) atoms. The largest absolute Gasteiger partial charge is 0.367 e. The number of carbonyl (C=O) groups is 1. The van der Waals surface area contributed by atoms with Gasteiger partial charge in [0.15, 0.2) is 5.78 Å². The minimum Gasteiger partial charge on any atom is -0.367 e. The van der Waals surface area contributed by atoms with E-state index in [0.717, 1.165) is 31.6 Å². The van der Waals surface area contributed by atoms with Crippen molar-refractivity contribution < 1.29 is 4.79 Å². The molecule has 0 aromatic heterocycles. The second-order valence-electron chi connectivity index (χ2n) is 4.70. The van der Waals surface area contributed by atoms with Crippen LogP contribution >= 0.6 is 0 Å². The average molecular weight is 243 g/mol. The molecule has 0 spiro atoms. The molecule has 1 fully saturated rings. The zero-order chi connectivity index (χ0) is 13.0. The molecule has 1 aliphatic rings. The highest BCUT2D eigenvalue weighted by molar-refractivity contribution is 5.94. The molecule has 0 aliphatic carbocycles. The Bertz CT molecular complexity index is 467. The van der Waals surface area contributed by atoms with E-state index < -0.39 is 5.54 Å². The van der Waals surface area contributed by atoms with Gasteiger partial charge in [0.2, 0.25) is 0 Å². The molecule has 1 aromatic carbocycles. The molecule has 1 saturated heterocycles. The van der Waals surface area contributed by atoms with E-state index in [4.69, 9.17) is 0 Å². The molecule has 1 aliphatic heterocycles. The predicted octanol–water partition coefficient (Wildman–Crippen LogP) is 1.95. The summed E-state index contributed by atoms with van der Waals surface area (Å²) >= 11 is 0. The summed E-state index contributed by atoms with van der Waals surface area (Å²) in [7, 11) is 0. The van der Waals surface area contributed by atoms with Crippen LogP contribution in [-0.2, 0) is 0 Å². The lowest BCUT2D eigenvalue weighted by Crippen LogP contribution is -2.46. The van der Waals surface area contributed by atoms with Crippen molar-refractivity contribution in [3.63, 3.8) is 0 Å². The molecule has 94 valence electrons. The van der Waals surface area contributed by atoms with Crippen LogP contribution in [-0.4, -0.2) is 24.4 Å². The Balaban J connectivity index is 2.12. The summed E-state index contributed by atoms with van der Waals surface area (Å²) in [6.45, 7) is 3.25. The Morgan fingerprint density at radius 2 is 1.94 bits per heavy atom. The number of carbonyl (C=O) groups excluding carboxylic acids is 1. The van der Waals surface area contributed by atoms with Crippen LogP contribution in [0.3, 0.4) is 0 Å². The van der Waals surface area contributed by atoms with Crippen molar-refractivity contribution in [3.05, 3.63) is 29.8 Å². The van der Waals surface area contributed by atoms with Gasteiger partial charge in [-0.3, -0.25) is 4.79 Å². The summed E-state index contributed by atoms with van der Waals surface area (Å²) in [5, 5.41) is 15.9. The molecule has 2 rings (SSSR count). The number of Topliss-reactive ketones (excluding diaryl/α,β-unsaturated/α-hetero) is 1. The van der Waals surface area contributed by atoms with Crippen molar-refractivity contribution in [1.82, 2.24) is 5.32 Å². The van der Waals surface area contributed by atoms with E-state index in [2.05, 4.69) is 16.7 Å². The molecule has 4 heteroatoms. The molecule has 0 unspecified atom stereocenters. The number of nitriles is 1. The summed E-state index contributed by atoms with van der Waals surface area (Å²) in [5.41, 5.74) is 1.10. The quantitative estimate of drug-likeness (QED) is 0.796. The van der Waals surface area contributed by atoms with Gasteiger partial charge < -0.3 is 10.6 Å². The van der Waals surface area contributed by atoms with Gasteiger partial charge in [0.05, 0.1) is 6.07 Å². The molecular weight excluding hydrogens is 226 g/mol. The van der Waals surface area contributed by atoms with Crippen LogP contribution in [0.2, 0.25) is 0 Å². The van der Waals surface area contributed by atoms with Crippen molar-refractivity contribution in [2.75, 3.05) is 18.4 Å². The van der Waals surface area contributed by atoms with Crippen molar-refractivity contribution in [3.8, 4) is 6.07 Å². The van der Waals surface area contributed by atoms with E-state index in [1.165, 1.54) is 0 Å². The first-order valence-corrected chi connectivity index (χ1v) is 6.16. The maximum atomic E-state index is 11.2. The number of anilines is 1. The lowest BCUT2D eigenvalue weighted by Gasteiger charge is -2.33. The van der Waals surface area contributed by atoms with Gasteiger partial charge in [-0.25, -0.2) is 0 Å². The van der Waals surface area contributed by atoms with E-state index in [0.29, 0.717) is 5.56 Å². The SMILES string of the molecule is CC(=O)c1ccc(NC2(C#N)CCNCC2)cc1. The number of nitrogens with one attached hydrogen (secondary N) is 2. The zero-order valence-corrected chi connectivity index (χ0v) is 10.5. The summed E-state index contributed by atoms with van der Waals surface area (Å²) in [6, 6.07) is 9.68. The smallest absolute Gasteiger partial charge is 0.159 e. The number of nitrogens with zero attached hydrogens (tertiary/aromatic N) is 1. The maximum Gasteiger partial charge on any atom is 0.159 e. The number of rotatable bonds is 3. The molecule has 0 bridgehead atoms. The zero-order valence-electron chi connectivity index (χ0n) is 10.5. The molecule has 1 aromatic rings. The van der Waals surface area contributed by atoms with Crippen LogP contribution < -0.4 is 10.6 Å². The molecule has 2 N–H and O–H groups in total. The van der Waals surface area contributed by atoms with Gasteiger partial charge in [-0.15, -0.1) is 0 Å². The number of ketones is 1. The summed E-state index contributed by atoms with van der Waals surface area (Å²) < 4.78 is 0. The fourth-order valence-electron chi connectivity index (χ4n) is 2.18. The Morgan fingerprint density at radius 1 is 1.33 bits per heavy atom. The van der Waals surface area contributed by atoms with Gasteiger partial charge in [-0.2, -0.15) is 5.26 Å². The fourth-order valence-corrected chi connectivity index (χ4v) is 2.18. The van der Waals surface area contributed by atoms with Crippen LogP contribution in [0.25, 0.3) is 0 Å². The third-order valence-corrected chi connectivity index (χ3v) is 3.35. The fraction of sp³-hybridized carbons (Fsp3) is 0.429. The predicted molar refractivity (Wildman–Crippen MR) is 70.5 cm³/mol. The van der Waals surface area contributed by atoms with E-state index in [1.54, 1.807) is 19.1 Å². The van der Waals surface area contributed by atoms with Crippen LogP contribution in [0, 0.1) is 11.3 Å². The van der Waals surface area contributed by atoms with Crippen LogP contribution in [0.15, 0.2) is 24.3 Å². The van der Waals surface area contributed by atoms with Gasteiger partial charge in [0.25, 0.3) is 0 Å². The third-order valence-electron chi connectivity index (χ3n) is 3.35. The normalized spacial score (nSPS) is 17.8. The highest BCUT2D eigenvalue weighted by Crippen LogP contribution is 2.23. The third kappa shape index (κ3) is 2.69. The molecule has 4 nitrogen and oxygen atoms in total. The van der Waals surface area contributed by atoms with Gasteiger partial charge in [0.1, 0.15) is 5.54 Å². The van der Waals surface area contributed by atoms with Crippen molar-refractivity contribution in [2.45, 2.75) is 25.3 Å². The topological polar surface area (TPSA) is 64.9 Å². The molecule has 0 radical (unpaired) electrons. The minimum atomic E-state index is -0.483. The van der Waals surface area contributed by atoms with Gasteiger partial charge >= 0.3 is 0 Å². The van der Waals surface area contributed by atoms with Gasteiger partial charge in [-0.05, 0) is 57.1 Å². The van der Waals surface area contributed by atoms with Crippen LogP contribution in [0.1, 0.15) is 30.1 Å². The number of hydrogen-bond acceptors (Lipinski definition) is 4. The highest BCUT2D eigenvalue weighted by Gasteiger charge is 2.31. The Labute approximate surface area is 107 Å². The first kappa shape index (κ1) is 12.6. The number of piperidine rings is 1. The van der Waals surface area contributed by atoms with Crippen molar-refractivity contribution in [1.29, 1.82) is 5.26 Å². The Hall–Kier alpha value is -1.86. The first-order chi connectivity index (χ1) is 8.65. The summed E-state index contributed by atoms with van der Waals surface area (Å²) in [4.78, 5) is 11.2. The minimum absolute atomic E-state index is 0.0541. The molecule has 0 amide bonds. The molecule has 0 atom stereocenters. The summed E-state index contributed by atoms with van der Waals surface area (Å²) in [5.74, 6) is 0.0541. The first-order valence-electron chi connectivity index (χ1n) is 6.16. The van der Waals surface area contributed by atoms with E-state index in [1.807, 2.05) is 12.1 Å². The second kappa shape index (κ2) is 5.19. The number of hydrogen-bond donors (Lipinski definition) is 2. The van der Waals surface area contributed by atoms with Gasteiger partial charge in [0, 0.05) is 11.3 Å². The maximum absolute atomic E-state index is 11.2. The number of benzene rings is 1. The van der Waals surface area contributed by atoms with E-state index >= 15 is 0 Å². The summed E-state index contributed by atoms with van der Waals surface area (Å²) in [6.07, 6.45) is 1.58. The monoisotopic (exact) mass is 243 g/mol.